The first-order valence-corrected chi connectivity index (χ1v) is 6.17. The molecule has 2 aromatic rings. The molecule has 1 aromatic carbocycles. The van der Waals surface area contributed by atoms with Gasteiger partial charge in [0.15, 0.2) is 11.5 Å². The molecule has 4 heteroatoms. The number of rotatable bonds is 5. The van der Waals surface area contributed by atoms with E-state index < -0.39 is 0 Å². The summed E-state index contributed by atoms with van der Waals surface area (Å²) in [5, 5.41) is 0. The second-order valence-electron chi connectivity index (χ2n) is 4.12. The zero-order valence-corrected chi connectivity index (χ0v) is 11.2. The molecule has 1 heterocycles. The molecule has 0 unspecified atom stereocenters. The van der Waals surface area contributed by atoms with E-state index in [0.717, 1.165) is 23.4 Å². The maximum absolute atomic E-state index is 5.56. The lowest BCUT2D eigenvalue weighted by molar-refractivity contribution is 0.355. The number of pyridine rings is 1. The van der Waals surface area contributed by atoms with Crippen molar-refractivity contribution in [2.45, 2.75) is 6.42 Å². The lowest BCUT2D eigenvalue weighted by atomic mass is 10.1. The zero-order valence-electron chi connectivity index (χ0n) is 11.2. The summed E-state index contributed by atoms with van der Waals surface area (Å²) in [6, 6.07) is 11.7. The third-order valence-corrected chi connectivity index (χ3v) is 2.89. The van der Waals surface area contributed by atoms with Crippen molar-refractivity contribution in [1.29, 1.82) is 0 Å². The molecule has 0 radical (unpaired) electrons. The molecule has 0 spiro atoms. The summed E-state index contributed by atoms with van der Waals surface area (Å²) < 4.78 is 10.5. The molecule has 0 saturated carbocycles. The zero-order chi connectivity index (χ0) is 13.7. The van der Waals surface area contributed by atoms with Crippen LogP contribution in [0, 0.1) is 0 Å². The fourth-order valence-corrected chi connectivity index (χ4v) is 1.92. The number of methoxy groups -OCH3 is 2. The Hall–Kier alpha value is -2.07. The Labute approximate surface area is 113 Å². The molecule has 1 aromatic heterocycles. The number of benzene rings is 1. The number of nitrogens with two attached hydrogens (primary N) is 1. The smallest absolute Gasteiger partial charge is 0.161 e. The highest BCUT2D eigenvalue weighted by Gasteiger charge is 2.07. The van der Waals surface area contributed by atoms with Crippen LogP contribution in [0.3, 0.4) is 0 Å². The molecule has 0 saturated heterocycles. The van der Waals surface area contributed by atoms with E-state index in [0.29, 0.717) is 18.0 Å². The van der Waals surface area contributed by atoms with Crippen molar-refractivity contribution in [1.82, 2.24) is 4.98 Å². The first-order chi connectivity index (χ1) is 9.28. The largest absolute Gasteiger partial charge is 0.493 e. The molecule has 100 valence electrons. The Morgan fingerprint density at radius 2 is 1.84 bits per heavy atom. The van der Waals surface area contributed by atoms with Crippen LogP contribution in [0.25, 0.3) is 11.3 Å². The van der Waals surface area contributed by atoms with E-state index >= 15 is 0 Å². The van der Waals surface area contributed by atoms with Gasteiger partial charge in [-0.3, -0.25) is 4.98 Å². The van der Waals surface area contributed by atoms with Gasteiger partial charge in [-0.05, 0) is 36.9 Å². The highest BCUT2D eigenvalue weighted by atomic mass is 16.5. The standard InChI is InChI=1S/C15H18N2O2/c1-18-14-7-6-11(10-15(14)19-2)13-5-3-4-12(17-13)8-9-16/h3-7,10H,8-9,16H2,1-2H3. The number of nitrogens with zero attached hydrogens (tertiary/aromatic N) is 1. The predicted octanol–water partition coefficient (Wildman–Crippen LogP) is 2.27. The Bertz CT molecular complexity index is 556. The van der Waals surface area contributed by atoms with Crippen molar-refractivity contribution >= 4 is 0 Å². The van der Waals surface area contributed by atoms with E-state index in [1.165, 1.54) is 0 Å². The van der Waals surface area contributed by atoms with Crippen LogP contribution in [0.2, 0.25) is 0 Å². The van der Waals surface area contributed by atoms with E-state index in [2.05, 4.69) is 4.98 Å². The van der Waals surface area contributed by atoms with Crippen LogP contribution in [-0.2, 0) is 6.42 Å². The first kappa shape index (κ1) is 13.4. The van der Waals surface area contributed by atoms with E-state index in [9.17, 15) is 0 Å². The molecule has 0 atom stereocenters. The molecule has 19 heavy (non-hydrogen) atoms. The average Bonchev–Trinajstić information content (AvgIpc) is 2.47. The van der Waals surface area contributed by atoms with Crippen molar-refractivity contribution < 1.29 is 9.47 Å². The molecular formula is C15H18N2O2. The van der Waals surface area contributed by atoms with Gasteiger partial charge >= 0.3 is 0 Å². The van der Waals surface area contributed by atoms with Gasteiger partial charge in [-0.1, -0.05) is 6.07 Å². The van der Waals surface area contributed by atoms with E-state index in [1.54, 1.807) is 14.2 Å². The Morgan fingerprint density at radius 3 is 2.53 bits per heavy atom. The van der Waals surface area contributed by atoms with Gasteiger partial charge in [0, 0.05) is 17.7 Å². The average molecular weight is 258 g/mol. The SMILES string of the molecule is COc1ccc(-c2cccc(CCN)n2)cc1OC. The maximum Gasteiger partial charge on any atom is 0.161 e. The van der Waals surface area contributed by atoms with Gasteiger partial charge in [0.2, 0.25) is 0 Å². The highest BCUT2D eigenvalue weighted by molar-refractivity contribution is 5.64. The van der Waals surface area contributed by atoms with Crippen LogP contribution in [0.15, 0.2) is 36.4 Å². The molecular weight excluding hydrogens is 240 g/mol. The minimum absolute atomic E-state index is 0.600. The quantitative estimate of drug-likeness (QED) is 0.893. The van der Waals surface area contributed by atoms with E-state index in [4.69, 9.17) is 15.2 Å². The van der Waals surface area contributed by atoms with Gasteiger partial charge in [0.25, 0.3) is 0 Å². The van der Waals surface area contributed by atoms with Crippen LogP contribution in [-0.4, -0.2) is 25.7 Å². The van der Waals surface area contributed by atoms with Crippen LogP contribution >= 0.6 is 0 Å². The van der Waals surface area contributed by atoms with E-state index in [-0.39, 0.29) is 0 Å². The van der Waals surface area contributed by atoms with Crippen LogP contribution in [0.4, 0.5) is 0 Å². The predicted molar refractivity (Wildman–Crippen MR) is 75.5 cm³/mol. The second-order valence-corrected chi connectivity index (χ2v) is 4.12. The van der Waals surface area contributed by atoms with Crippen molar-refractivity contribution in [2.24, 2.45) is 5.73 Å². The highest BCUT2D eigenvalue weighted by Crippen LogP contribution is 2.31. The van der Waals surface area contributed by atoms with E-state index in [1.807, 2.05) is 36.4 Å². The summed E-state index contributed by atoms with van der Waals surface area (Å²) >= 11 is 0. The molecule has 0 fully saturated rings. The topological polar surface area (TPSA) is 57.4 Å². The Morgan fingerprint density at radius 1 is 1.05 bits per heavy atom. The van der Waals surface area contributed by atoms with Gasteiger partial charge in [-0.15, -0.1) is 0 Å². The summed E-state index contributed by atoms with van der Waals surface area (Å²) in [6.45, 7) is 0.600. The lowest BCUT2D eigenvalue weighted by Gasteiger charge is -2.10. The van der Waals surface area contributed by atoms with Gasteiger partial charge in [0.05, 0.1) is 19.9 Å². The molecule has 0 aliphatic rings. The third-order valence-electron chi connectivity index (χ3n) is 2.89. The van der Waals surface area contributed by atoms with Crippen molar-refractivity contribution in [3.63, 3.8) is 0 Å². The first-order valence-electron chi connectivity index (χ1n) is 6.17. The Kier molecular flexibility index (Phi) is 4.36. The summed E-state index contributed by atoms with van der Waals surface area (Å²) in [4.78, 5) is 4.59. The van der Waals surface area contributed by atoms with Crippen LogP contribution in [0.5, 0.6) is 11.5 Å². The summed E-state index contributed by atoms with van der Waals surface area (Å²) in [6.07, 6.45) is 0.779. The number of hydrogen-bond acceptors (Lipinski definition) is 4. The molecule has 2 N–H and O–H groups in total. The normalized spacial score (nSPS) is 10.3. The molecule has 0 aliphatic heterocycles. The van der Waals surface area contributed by atoms with Crippen molar-refractivity contribution in [2.75, 3.05) is 20.8 Å². The lowest BCUT2D eigenvalue weighted by Crippen LogP contribution is -2.04. The van der Waals surface area contributed by atoms with Gasteiger partial charge in [0.1, 0.15) is 0 Å². The number of hydrogen-bond donors (Lipinski definition) is 1. The minimum atomic E-state index is 0.600. The molecule has 4 nitrogen and oxygen atoms in total. The maximum atomic E-state index is 5.56. The Balaban J connectivity index is 2.38. The van der Waals surface area contributed by atoms with Crippen LogP contribution < -0.4 is 15.2 Å². The molecule has 0 amide bonds. The van der Waals surface area contributed by atoms with Gasteiger partial charge < -0.3 is 15.2 Å². The summed E-state index contributed by atoms with van der Waals surface area (Å²) in [5.74, 6) is 1.41. The minimum Gasteiger partial charge on any atom is -0.493 e. The monoisotopic (exact) mass is 258 g/mol. The summed E-state index contributed by atoms with van der Waals surface area (Å²) in [7, 11) is 3.25. The third kappa shape index (κ3) is 3.03. The van der Waals surface area contributed by atoms with Gasteiger partial charge in [-0.2, -0.15) is 0 Å². The van der Waals surface area contributed by atoms with Crippen molar-refractivity contribution in [3.05, 3.63) is 42.1 Å². The second kappa shape index (κ2) is 6.20. The molecule has 0 aliphatic carbocycles. The fraction of sp³-hybridized carbons (Fsp3) is 0.267. The van der Waals surface area contributed by atoms with Gasteiger partial charge in [-0.25, -0.2) is 0 Å². The van der Waals surface area contributed by atoms with Crippen molar-refractivity contribution in [3.8, 4) is 22.8 Å². The fourth-order valence-electron chi connectivity index (χ4n) is 1.92. The summed E-state index contributed by atoms with van der Waals surface area (Å²) in [5.41, 5.74) is 8.46. The molecule has 0 bridgehead atoms. The molecule has 2 rings (SSSR count). The number of aromatic nitrogens is 1. The van der Waals surface area contributed by atoms with Crippen LogP contribution in [0.1, 0.15) is 5.69 Å². The number of ether oxygens (including phenoxy) is 2.